The van der Waals surface area contributed by atoms with Gasteiger partial charge in [0.25, 0.3) is 6.71 Å². The highest BCUT2D eigenvalue weighted by Crippen LogP contribution is 2.51. The van der Waals surface area contributed by atoms with Crippen LogP contribution in [0.1, 0.15) is 64.0 Å². The van der Waals surface area contributed by atoms with Crippen molar-refractivity contribution in [1.29, 1.82) is 0 Å². The third-order valence-electron chi connectivity index (χ3n) is 12.8. The van der Waals surface area contributed by atoms with E-state index in [0.29, 0.717) is 6.04 Å². The van der Waals surface area contributed by atoms with Crippen LogP contribution in [0.5, 0.6) is 0 Å². The van der Waals surface area contributed by atoms with Gasteiger partial charge in [-0.1, -0.05) is 107 Å². The lowest BCUT2D eigenvalue weighted by Crippen LogP contribution is -2.61. The Morgan fingerprint density at radius 2 is 1.41 bits per heavy atom. The molecule has 0 unspecified atom stereocenters. The van der Waals surface area contributed by atoms with Crippen molar-refractivity contribution < 1.29 is 0 Å². The Morgan fingerprint density at radius 3 is 2.18 bits per heavy atom. The van der Waals surface area contributed by atoms with E-state index in [0.717, 1.165) is 0 Å². The van der Waals surface area contributed by atoms with Gasteiger partial charge in [-0.05, 0) is 111 Å². The fourth-order valence-electron chi connectivity index (χ4n) is 10.7. The number of anilines is 2. The van der Waals surface area contributed by atoms with E-state index in [9.17, 15) is 0 Å². The number of hydrogen-bond donors (Lipinski definition) is 0. The second-order valence-electron chi connectivity index (χ2n) is 16.8. The maximum Gasteiger partial charge on any atom is 0.264 e. The molecule has 4 heterocycles. The zero-order valence-electron chi connectivity index (χ0n) is 29.7. The molecule has 0 spiro atoms. The average molecular weight is 675 g/mol. The van der Waals surface area contributed by atoms with Gasteiger partial charge in [0.05, 0.1) is 16.7 Å². The van der Waals surface area contributed by atoms with Crippen molar-refractivity contribution in [3.8, 4) is 27.9 Å². The molecule has 1 saturated carbocycles. The number of nitrogens with zero attached hydrogens (tertiary/aromatic N) is 2. The number of hydrogen-bond acceptors (Lipinski definition) is 2. The van der Waals surface area contributed by atoms with E-state index in [1.807, 2.05) is 0 Å². The minimum absolute atomic E-state index is 0.0905. The first-order valence-corrected chi connectivity index (χ1v) is 19.8. The Bertz CT molecular complexity index is 2850. The van der Waals surface area contributed by atoms with E-state index in [2.05, 4.69) is 146 Å². The maximum absolute atomic E-state index is 2.86. The third kappa shape index (κ3) is 3.60. The lowest BCUT2D eigenvalue weighted by molar-refractivity contribution is 0.437. The highest BCUT2D eigenvalue weighted by atomic mass is 32.1. The second-order valence-corrected chi connectivity index (χ2v) is 17.8. The third-order valence-corrected chi connectivity index (χ3v) is 14.1. The standard InChI is InChI=1S/C47H39BN2S/c1-26-23-37-43-38(24-26)50-36-18-10-17-32-30-15-8-11-27-12-9-16-31(40(27)30)33-20-21-35(45(50)42(33)41(32)36)48(43)46-44(49(37)29-13-6-5-7-14-29)34-25-28(47(2,3)4)19-22-39(34)51-46/h8-12,15-25,29H,5-7,13-14H2,1-4H3. The van der Waals surface area contributed by atoms with Crippen molar-refractivity contribution in [1.82, 2.24) is 4.57 Å². The molecular weight excluding hydrogens is 635 g/mol. The van der Waals surface area contributed by atoms with E-state index in [4.69, 9.17) is 0 Å². The predicted octanol–water partition coefficient (Wildman–Crippen LogP) is 11.0. The van der Waals surface area contributed by atoms with Crippen LogP contribution in [0, 0.1) is 6.92 Å². The SMILES string of the molecule is Cc1cc2c3c(c1)-n1c4cccc5c4c4c(ccc(c41)B3c1sc3ccc(C(C)(C)C)cc3c1N2C1CCCCC1)-c1cccc2cccc-5c12. The molecule has 0 amide bonds. The van der Waals surface area contributed by atoms with E-state index in [1.165, 1.54) is 141 Å². The van der Waals surface area contributed by atoms with Crippen LogP contribution >= 0.6 is 11.3 Å². The van der Waals surface area contributed by atoms with Gasteiger partial charge in [0, 0.05) is 43.1 Å². The van der Waals surface area contributed by atoms with Crippen molar-refractivity contribution in [2.45, 2.75) is 71.3 Å². The van der Waals surface area contributed by atoms with Crippen LogP contribution in [0.15, 0.2) is 97.1 Å². The summed E-state index contributed by atoms with van der Waals surface area (Å²) in [6.07, 6.45) is 6.50. The van der Waals surface area contributed by atoms with Crippen LogP contribution in [0.2, 0.25) is 0 Å². The first kappa shape index (κ1) is 28.9. The molecule has 6 aromatic carbocycles. The van der Waals surface area contributed by atoms with Crippen LogP contribution in [0.4, 0.5) is 11.4 Å². The molecule has 0 bridgehead atoms. The fourth-order valence-corrected chi connectivity index (χ4v) is 12.0. The summed E-state index contributed by atoms with van der Waals surface area (Å²) in [5.74, 6) is 0. The van der Waals surface area contributed by atoms with Gasteiger partial charge in [0.1, 0.15) is 0 Å². The smallest absolute Gasteiger partial charge is 0.264 e. The lowest BCUT2D eigenvalue weighted by atomic mass is 9.36. The molecule has 0 atom stereocenters. The Hall–Kier alpha value is -4.80. The van der Waals surface area contributed by atoms with Gasteiger partial charge in [-0.3, -0.25) is 0 Å². The van der Waals surface area contributed by atoms with Crippen molar-refractivity contribution in [3.63, 3.8) is 0 Å². The average Bonchev–Trinajstić information content (AvgIpc) is 3.66. The number of rotatable bonds is 1. The van der Waals surface area contributed by atoms with E-state index >= 15 is 0 Å². The number of aryl methyl sites for hydroxylation is 1. The number of aromatic nitrogens is 1. The largest absolute Gasteiger partial charge is 0.338 e. The van der Waals surface area contributed by atoms with Gasteiger partial charge in [0.15, 0.2) is 0 Å². The quantitative estimate of drug-likeness (QED) is 0.157. The van der Waals surface area contributed by atoms with Crippen molar-refractivity contribution in [3.05, 3.63) is 108 Å². The van der Waals surface area contributed by atoms with E-state index in [-0.39, 0.29) is 12.1 Å². The van der Waals surface area contributed by atoms with Crippen LogP contribution in [-0.2, 0) is 5.41 Å². The van der Waals surface area contributed by atoms with E-state index < -0.39 is 0 Å². The van der Waals surface area contributed by atoms with Crippen LogP contribution in [0.3, 0.4) is 0 Å². The summed E-state index contributed by atoms with van der Waals surface area (Å²) < 4.78 is 5.63. The lowest BCUT2D eigenvalue weighted by Gasteiger charge is -2.44. The molecule has 8 aromatic rings. The molecule has 1 fully saturated rings. The molecule has 51 heavy (non-hydrogen) atoms. The van der Waals surface area contributed by atoms with Crippen molar-refractivity contribution >= 4 is 87.8 Å². The Labute approximate surface area is 303 Å². The van der Waals surface area contributed by atoms with Gasteiger partial charge in [0.2, 0.25) is 0 Å². The molecular formula is C47H39BN2S. The molecule has 0 radical (unpaired) electrons. The molecule has 4 aliphatic rings. The van der Waals surface area contributed by atoms with Gasteiger partial charge in [-0.15, -0.1) is 11.3 Å². The minimum atomic E-state index is 0.0905. The maximum atomic E-state index is 2.86. The highest BCUT2D eigenvalue weighted by molar-refractivity contribution is 7.33. The summed E-state index contributed by atoms with van der Waals surface area (Å²) in [4.78, 5) is 2.86. The summed E-state index contributed by atoms with van der Waals surface area (Å²) in [6.45, 7) is 9.58. The van der Waals surface area contributed by atoms with Gasteiger partial charge in [-0.25, -0.2) is 0 Å². The molecule has 12 rings (SSSR count). The molecule has 246 valence electrons. The first-order chi connectivity index (χ1) is 24.9. The summed E-state index contributed by atoms with van der Waals surface area (Å²) in [5, 5.41) is 6.96. The monoisotopic (exact) mass is 674 g/mol. The molecule has 2 aromatic heterocycles. The van der Waals surface area contributed by atoms with Crippen LogP contribution in [-0.4, -0.2) is 17.3 Å². The summed E-state index contributed by atoms with van der Waals surface area (Å²) in [7, 11) is 0. The zero-order chi connectivity index (χ0) is 33.9. The molecule has 0 N–H and O–H groups in total. The molecule has 2 aliphatic heterocycles. The highest BCUT2D eigenvalue weighted by Gasteiger charge is 2.46. The van der Waals surface area contributed by atoms with Crippen LogP contribution in [0.25, 0.3) is 70.6 Å². The Morgan fingerprint density at radius 1 is 0.706 bits per heavy atom. The Kier molecular flexibility index (Phi) is 5.51. The topological polar surface area (TPSA) is 8.17 Å². The van der Waals surface area contributed by atoms with E-state index in [1.54, 1.807) is 0 Å². The summed E-state index contributed by atoms with van der Waals surface area (Å²) in [5.41, 5.74) is 18.3. The van der Waals surface area contributed by atoms with Gasteiger partial charge < -0.3 is 9.47 Å². The number of benzene rings is 6. The van der Waals surface area contributed by atoms with Crippen molar-refractivity contribution in [2.75, 3.05) is 4.90 Å². The molecule has 2 nitrogen and oxygen atoms in total. The molecule has 0 saturated heterocycles. The number of thiophene rings is 1. The second kappa shape index (κ2) is 9.75. The van der Waals surface area contributed by atoms with Crippen LogP contribution < -0.4 is 20.6 Å². The Balaban J connectivity index is 1.26. The predicted molar refractivity (Wildman–Crippen MR) is 222 cm³/mol. The summed E-state index contributed by atoms with van der Waals surface area (Å²) >= 11 is 2.06. The van der Waals surface area contributed by atoms with Crippen molar-refractivity contribution in [2.24, 2.45) is 0 Å². The zero-order valence-corrected chi connectivity index (χ0v) is 30.5. The minimum Gasteiger partial charge on any atom is -0.338 e. The fraction of sp³-hybridized carbons (Fsp3) is 0.234. The number of fused-ring (bicyclic) bond motifs is 9. The van der Waals surface area contributed by atoms with Gasteiger partial charge >= 0.3 is 0 Å². The summed E-state index contributed by atoms with van der Waals surface area (Å²) in [6, 6.07) is 38.7. The molecule has 2 aliphatic carbocycles. The molecule has 4 heteroatoms. The normalized spacial score (nSPS) is 16.1. The van der Waals surface area contributed by atoms with Gasteiger partial charge in [-0.2, -0.15) is 0 Å². The first-order valence-electron chi connectivity index (χ1n) is 19.0.